The zero-order chi connectivity index (χ0) is 45.3. The van der Waals surface area contributed by atoms with Gasteiger partial charge in [-0.05, 0) is 102 Å². The van der Waals surface area contributed by atoms with Gasteiger partial charge in [-0.25, -0.2) is 19.0 Å². The van der Waals surface area contributed by atoms with E-state index in [9.17, 15) is 4.79 Å². The number of piperidine rings is 1. The van der Waals surface area contributed by atoms with Crippen molar-refractivity contribution in [3.63, 3.8) is 0 Å². The third-order valence-electron chi connectivity index (χ3n) is 12.7. The van der Waals surface area contributed by atoms with Crippen molar-refractivity contribution in [2.24, 2.45) is 0 Å². The predicted molar refractivity (Wildman–Crippen MR) is 268 cm³/mol. The van der Waals surface area contributed by atoms with Gasteiger partial charge in [0.25, 0.3) is 0 Å². The number of nitrogens with two attached hydrogens (primary N) is 1. The Bertz CT molecular complexity index is 3410. The van der Waals surface area contributed by atoms with Crippen LogP contribution in [0.3, 0.4) is 0 Å². The van der Waals surface area contributed by atoms with Crippen LogP contribution >= 0.6 is 0 Å². The Hall–Kier alpha value is -8.23. The van der Waals surface area contributed by atoms with Crippen LogP contribution in [-0.4, -0.2) is 84.3 Å². The van der Waals surface area contributed by atoms with Gasteiger partial charge in [0, 0.05) is 139 Å². The van der Waals surface area contributed by atoms with E-state index in [1.54, 1.807) is 12.4 Å². The number of hydrogen-bond acceptors (Lipinski definition) is 11. The number of aromatic nitrogens is 8. The van der Waals surface area contributed by atoms with Crippen LogP contribution in [0.15, 0.2) is 147 Å². The van der Waals surface area contributed by atoms with Crippen molar-refractivity contribution in [3.05, 3.63) is 147 Å². The summed E-state index contributed by atoms with van der Waals surface area (Å²) in [6, 6.07) is 33.0. The number of rotatable bonds is 7. The minimum atomic E-state index is -0.107. The molecule has 4 aromatic carbocycles. The second-order valence-electron chi connectivity index (χ2n) is 17.1. The monoisotopic (exact) mass is 883 g/mol. The van der Waals surface area contributed by atoms with E-state index in [-0.39, 0.29) is 5.91 Å². The quantitative estimate of drug-likeness (QED) is 0.131. The number of carbonyl (C=O) groups excluding carboxylic acids is 1. The fourth-order valence-corrected chi connectivity index (χ4v) is 9.30. The SMILES string of the molecule is CC(=O)Nc1ccc2c(-c3cnn4cc(-c5ccc(N6CCCCC6)cc5)cnc34)ccnc2c1.Nc1ccc2c(-c3cnn4cc(-c5ccc(N6CCNCC6)cc5)cnc34)ccnc2c1. The van der Waals surface area contributed by atoms with E-state index in [4.69, 9.17) is 15.7 Å². The molecule has 1 amide bonds. The summed E-state index contributed by atoms with van der Waals surface area (Å²) in [5.41, 5.74) is 21.5. The van der Waals surface area contributed by atoms with Gasteiger partial charge in [0.05, 0.1) is 23.4 Å². The second-order valence-corrected chi connectivity index (χ2v) is 17.1. The molecule has 2 aliphatic rings. The van der Waals surface area contributed by atoms with Crippen molar-refractivity contribution >= 4 is 61.8 Å². The molecular formula is C53H49N13O. The average molecular weight is 884 g/mol. The largest absolute Gasteiger partial charge is 0.399 e. The molecular weight excluding hydrogens is 835 g/mol. The van der Waals surface area contributed by atoms with Crippen molar-refractivity contribution in [3.8, 4) is 44.5 Å². The van der Waals surface area contributed by atoms with Crippen molar-refractivity contribution < 1.29 is 4.79 Å². The van der Waals surface area contributed by atoms with E-state index in [1.165, 1.54) is 37.6 Å². The molecule has 332 valence electrons. The number of piperazine rings is 1. The second kappa shape index (κ2) is 18.0. The summed E-state index contributed by atoms with van der Waals surface area (Å²) in [4.78, 5) is 34.8. The summed E-state index contributed by atoms with van der Waals surface area (Å²) in [6.45, 7) is 7.92. The smallest absolute Gasteiger partial charge is 0.221 e. The molecule has 0 aliphatic carbocycles. The van der Waals surface area contributed by atoms with E-state index in [2.05, 4.69) is 89.1 Å². The number of benzene rings is 4. The summed E-state index contributed by atoms with van der Waals surface area (Å²) in [5, 5.41) is 17.4. The van der Waals surface area contributed by atoms with Gasteiger partial charge in [-0.15, -0.1) is 0 Å². The maximum Gasteiger partial charge on any atom is 0.221 e. The first-order valence-electron chi connectivity index (χ1n) is 22.8. The van der Waals surface area contributed by atoms with Gasteiger partial charge in [-0.3, -0.25) is 14.8 Å². The lowest BCUT2D eigenvalue weighted by Gasteiger charge is -2.29. The number of pyridine rings is 2. The number of nitrogen functional groups attached to an aromatic ring is 1. The molecule has 10 aromatic rings. The summed E-state index contributed by atoms with van der Waals surface area (Å²) in [5.74, 6) is -0.107. The Morgan fingerprint density at radius 3 is 1.63 bits per heavy atom. The highest BCUT2D eigenvalue weighted by Crippen LogP contribution is 2.34. The van der Waals surface area contributed by atoms with E-state index in [1.807, 2.05) is 94.7 Å². The first-order valence-corrected chi connectivity index (χ1v) is 22.8. The lowest BCUT2D eigenvalue weighted by molar-refractivity contribution is -0.114. The maximum absolute atomic E-state index is 11.4. The molecule has 14 heteroatoms. The lowest BCUT2D eigenvalue weighted by atomic mass is 10.0. The molecule has 0 unspecified atom stereocenters. The van der Waals surface area contributed by atoms with Crippen LogP contribution in [0.4, 0.5) is 22.7 Å². The molecule has 0 atom stereocenters. The van der Waals surface area contributed by atoms with Crippen LogP contribution in [0.1, 0.15) is 26.2 Å². The molecule has 12 rings (SSSR count). The Morgan fingerprint density at radius 1 is 0.552 bits per heavy atom. The fourth-order valence-electron chi connectivity index (χ4n) is 9.30. The number of nitrogens with zero attached hydrogens (tertiary/aromatic N) is 10. The summed E-state index contributed by atoms with van der Waals surface area (Å²) >= 11 is 0. The molecule has 2 fully saturated rings. The highest BCUT2D eigenvalue weighted by atomic mass is 16.1. The van der Waals surface area contributed by atoms with Gasteiger partial charge in [-0.1, -0.05) is 36.4 Å². The van der Waals surface area contributed by atoms with Gasteiger partial charge >= 0.3 is 0 Å². The van der Waals surface area contributed by atoms with Crippen LogP contribution in [0.5, 0.6) is 0 Å². The van der Waals surface area contributed by atoms with Gasteiger partial charge in [0.2, 0.25) is 5.91 Å². The molecule has 14 nitrogen and oxygen atoms in total. The van der Waals surface area contributed by atoms with Gasteiger partial charge in [0.15, 0.2) is 11.3 Å². The standard InChI is InChI=1S/C28H26N6O.C25H23N7/c1-19(35)32-22-7-10-25-24(11-12-29-27(25)15-22)26-17-31-34-18-21(16-30-28(26)34)20-5-8-23(9-6-20)33-13-3-2-4-14-33;26-19-3-6-22-21(7-8-28-24(22)13-19)23-15-30-32-16-18(14-29-25(23)32)17-1-4-20(5-2-17)31-11-9-27-10-12-31/h5-12,15-18H,2-4,13-14H2,1H3,(H,32,35);1-8,13-16,27H,9-12,26H2. The zero-order valence-corrected chi connectivity index (χ0v) is 37.2. The lowest BCUT2D eigenvalue weighted by Crippen LogP contribution is -2.43. The average Bonchev–Trinajstić information content (AvgIpc) is 4.00. The summed E-state index contributed by atoms with van der Waals surface area (Å²) in [7, 11) is 0. The third kappa shape index (κ3) is 8.46. The minimum absolute atomic E-state index is 0.107. The Kier molecular flexibility index (Phi) is 11.1. The molecule has 0 saturated carbocycles. The van der Waals surface area contributed by atoms with Crippen LogP contribution in [0.25, 0.3) is 77.6 Å². The molecule has 4 N–H and O–H groups in total. The summed E-state index contributed by atoms with van der Waals surface area (Å²) in [6.07, 6.45) is 19.1. The summed E-state index contributed by atoms with van der Waals surface area (Å²) < 4.78 is 3.68. The maximum atomic E-state index is 11.4. The Morgan fingerprint density at radius 2 is 1.07 bits per heavy atom. The number of amides is 1. The Balaban J connectivity index is 0.000000148. The van der Waals surface area contributed by atoms with Crippen molar-refractivity contribution in [1.82, 2.24) is 44.5 Å². The fraction of sp³-hybridized carbons (Fsp3) is 0.189. The number of hydrogen-bond donors (Lipinski definition) is 3. The van der Waals surface area contributed by atoms with Gasteiger partial charge < -0.3 is 26.2 Å². The van der Waals surface area contributed by atoms with Crippen molar-refractivity contribution in [2.75, 3.05) is 60.1 Å². The first-order chi connectivity index (χ1) is 32.9. The van der Waals surface area contributed by atoms with Crippen molar-refractivity contribution in [2.45, 2.75) is 26.2 Å². The molecule has 67 heavy (non-hydrogen) atoms. The predicted octanol–water partition coefficient (Wildman–Crippen LogP) is 9.16. The van der Waals surface area contributed by atoms with Crippen LogP contribution in [0, 0.1) is 0 Å². The first kappa shape index (κ1) is 41.5. The van der Waals surface area contributed by atoms with Crippen molar-refractivity contribution in [1.29, 1.82) is 0 Å². The van der Waals surface area contributed by atoms with E-state index >= 15 is 0 Å². The molecule has 6 aromatic heterocycles. The van der Waals surface area contributed by atoms with E-state index in [0.29, 0.717) is 5.69 Å². The highest BCUT2D eigenvalue weighted by molar-refractivity contribution is 6.01. The molecule has 0 spiro atoms. The molecule has 2 saturated heterocycles. The molecule has 2 aliphatic heterocycles. The third-order valence-corrected chi connectivity index (χ3v) is 12.7. The van der Waals surface area contributed by atoms with E-state index < -0.39 is 0 Å². The number of nitrogens with one attached hydrogen (secondary N) is 2. The molecule has 0 radical (unpaired) electrons. The minimum Gasteiger partial charge on any atom is -0.399 e. The normalized spacial score (nSPS) is 14.1. The van der Waals surface area contributed by atoms with Crippen LogP contribution in [0.2, 0.25) is 0 Å². The van der Waals surface area contributed by atoms with E-state index in [0.717, 1.165) is 123 Å². The van der Waals surface area contributed by atoms with Gasteiger partial charge in [-0.2, -0.15) is 10.2 Å². The van der Waals surface area contributed by atoms with Crippen LogP contribution < -0.4 is 26.2 Å². The number of carbonyl (C=O) groups is 1. The zero-order valence-electron chi connectivity index (χ0n) is 37.2. The van der Waals surface area contributed by atoms with Gasteiger partial charge in [0.1, 0.15) is 0 Å². The highest BCUT2D eigenvalue weighted by Gasteiger charge is 2.17. The topological polar surface area (TPSA) is 160 Å². The van der Waals surface area contributed by atoms with Crippen LogP contribution in [-0.2, 0) is 4.79 Å². The Labute approximate surface area is 387 Å². The number of fused-ring (bicyclic) bond motifs is 4. The molecule has 0 bridgehead atoms. The molecule has 8 heterocycles. The number of anilines is 4.